The Morgan fingerprint density at radius 1 is 1.30 bits per heavy atom. The van der Waals surface area contributed by atoms with Crippen molar-refractivity contribution in [3.63, 3.8) is 0 Å². The minimum Gasteiger partial charge on any atom is -0.479 e. The molecule has 7 heteroatoms. The van der Waals surface area contributed by atoms with Gasteiger partial charge in [0.2, 0.25) is 0 Å². The van der Waals surface area contributed by atoms with E-state index in [1.807, 2.05) is 6.92 Å². The van der Waals surface area contributed by atoms with Crippen LogP contribution in [-0.4, -0.2) is 67.1 Å². The lowest BCUT2D eigenvalue weighted by Gasteiger charge is -2.34. The molecule has 7 nitrogen and oxygen atoms in total. The van der Waals surface area contributed by atoms with Gasteiger partial charge in [0, 0.05) is 25.8 Å². The Bertz CT molecular complexity index is 357. The number of carboxylic acid groups (broad SMARTS) is 1. The highest BCUT2D eigenvalue weighted by atomic mass is 16.5. The minimum absolute atomic E-state index is 0.0672. The van der Waals surface area contributed by atoms with Crippen molar-refractivity contribution >= 4 is 12.0 Å². The number of ether oxygens (including phenoxy) is 2. The number of carbonyl (C=O) groups is 2. The molecular weight excluding hydrogens is 264 g/mol. The van der Waals surface area contributed by atoms with Crippen LogP contribution in [0.1, 0.15) is 19.8 Å². The summed E-state index contributed by atoms with van der Waals surface area (Å²) in [5, 5.41) is 11.9. The van der Waals surface area contributed by atoms with E-state index in [1.165, 1.54) is 4.90 Å². The van der Waals surface area contributed by atoms with Crippen molar-refractivity contribution < 1.29 is 24.2 Å². The summed E-state index contributed by atoms with van der Waals surface area (Å²) in [6.07, 6.45) is 0.970. The number of morpholine rings is 1. The van der Waals surface area contributed by atoms with Crippen LogP contribution in [0.5, 0.6) is 0 Å². The van der Waals surface area contributed by atoms with Gasteiger partial charge in [-0.05, 0) is 25.7 Å². The average molecular weight is 286 g/mol. The summed E-state index contributed by atoms with van der Waals surface area (Å²) in [5.74, 6) is -0.607. The lowest BCUT2D eigenvalue weighted by Crippen LogP contribution is -2.54. The van der Waals surface area contributed by atoms with Crippen LogP contribution >= 0.6 is 0 Å². The Labute approximate surface area is 118 Å². The summed E-state index contributed by atoms with van der Waals surface area (Å²) in [4.78, 5) is 24.6. The van der Waals surface area contributed by atoms with Gasteiger partial charge in [-0.1, -0.05) is 0 Å². The number of carbonyl (C=O) groups excluding carboxylic acids is 1. The van der Waals surface area contributed by atoms with Crippen molar-refractivity contribution in [2.24, 2.45) is 5.92 Å². The van der Waals surface area contributed by atoms with Gasteiger partial charge in [-0.3, -0.25) is 0 Å². The fraction of sp³-hybridized carbons (Fsp3) is 0.846. The van der Waals surface area contributed by atoms with Crippen LogP contribution < -0.4 is 5.32 Å². The topological polar surface area (TPSA) is 88.1 Å². The zero-order chi connectivity index (χ0) is 14.5. The number of nitrogens with zero attached hydrogens (tertiary/aromatic N) is 1. The highest BCUT2D eigenvalue weighted by molar-refractivity contribution is 5.77. The first kappa shape index (κ1) is 15.1. The van der Waals surface area contributed by atoms with E-state index < -0.39 is 12.1 Å². The van der Waals surface area contributed by atoms with Crippen LogP contribution in [0.3, 0.4) is 0 Å². The fourth-order valence-corrected chi connectivity index (χ4v) is 2.60. The van der Waals surface area contributed by atoms with Gasteiger partial charge in [0.25, 0.3) is 0 Å². The van der Waals surface area contributed by atoms with Crippen molar-refractivity contribution in [3.05, 3.63) is 0 Å². The first-order chi connectivity index (χ1) is 9.58. The van der Waals surface area contributed by atoms with Gasteiger partial charge in [0.1, 0.15) is 0 Å². The van der Waals surface area contributed by atoms with E-state index in [0.717, 1.165) is 26.1 Å². The molecule has 2 aliphatic rings. The van der Waals surface area contributed by atoms with Crippen LogP contribution in [0.2, 0.25) is 0 Å². The standard InChI is InChI=1S/C13H22N2O5/c1-9(10-2-5-19-6-3-10)14-13(18)15-4-7-20-11(8-15)12(16)17/h9-11H,2-8H2,1H3,(H,14,18)(H,16,17). The number of carboxylic acids is 1. The average Bonchev–Trinajstić information content (AvgIpc) is 2.48. The van der Waals surface area contributed by atoms with Gasteiger partial charge in [0.15, 0.2) is 6.10 Å². The van der Waals surface area contributed by atoms with E-state index in [4.69, 9.17) is 14.6 Å². The number of aliphatic carboxylic acids is 1. The third-order valence-corrected chi connectivity index (χ3v) is 3.95. The maximum Gasteiger partial charge on any atom is 0.334 e. The lowest BCUT2D eigenvalue weighted by molar-refractivity contribution is -0.154. The second kappa shape index (κ2) is 6.90. The fourth-order valence-electron chi connectivity index (χ4n) is 2.60. The van der Waals surface area contributed by atoms with Crippen molar-refractivity contribution in [3.8, 4) is 0 Å². The predicted octanol–water partition coefficient (Wildman–Crippen LogP) is 0.296. The van der Waals surface area contributed by atoms with Crippen LogP contribution in [0.15, 0.2) is 0 Å². The van der Waals surface area contributed by atoms with Gasteiger partial charge in [-0.25, -0.2) is 9.59 Å². The molecule has 0 spiro atoms. The second-order valence-electron chi connectivity index (χ2n) is 5.33. The Morgan fingerprint density at radius 3 is 2.65 bits per heavy atom. The summed E-state index contributed by atoms with van der Waals surface area (Å²) < 4.78 is 10.4. The van der Waals surface area contributed by atoms with Crippen molar-refractivity contribution in [2.45, 2.75) is 31.9 Å². The number of nitrogens with one attached hydrogen (secondary N) is 1. The monoisotopic (exact) mass is 286 g/mol. The molecule has 2 N–H and O–H groups in total. The molecular formula is C13H22N2O5. The summed E-state index contributed by atoms with van der Waals surface area (Å²) in [6, 6.07) is -0.143. The molecule has 0 aromatic rings. The molecule has 2 rings (SSSR count). The molecule has 0 aromatic heterocycles. The zero-order valence-electron chi connectivity index (χ0n) is 11.7. The van der Waals surface area contributed by atoms with Crippen molar-refractivity contribution in [1.82, 2.24) is 10.2 Å². The molecule has 2 saturated heterocycles. The van der Waals surface area contributed by atoms with Gasteiger partial charge in [-0.2, -0.15) is 0 Å². The number of hydrogen-bond donors (Lipinski definition) is 2. The number of rotatable bonds is 3. The van der Waals surface area contributed by atoms with Gasteiger partial charge < -0.3 is 24.8 Å². The number of hydrogen-bond acceptors (Lipinski definition) is 4. The smallest absolute Gasteiger partial charge is 0.334 e. The van der Waals surface area contributed by atoms with Crippen LogP contribution in [0.4, 0.5) is 4.79 Å². The number of urea groups is 1. The highest BCUT2D eigenvalue weighted by Crippen LogP contribution is 2.18. The van der Waals surface area contributed by atoms with E-state index in [9.17, 15) is 9.59 Å². The molecule has 2 atom stereocenters. The summed E-state index contributed by atoms with van der Waals surface area (Å²) >= 11 is 0. The van der Waals surface area contributed by atoms with Crippen LogP contribution in [-0.2, 0) is 14.3 Å². The molecule has 0 aliphatic carbocycles. The maximum absolute atomic E-state index is 12.2. The zero-order valence-corrected chi connectivity index (χ0v) is 11.7. The molecule has 0 aromatic carbocycles. The highest BCUT2D eigenvalue weighted by Gasteiger charge is 2.30. The molecule has 114 valence electrons. The van der Waals surface area contributed by atoms with Gasteiger partial charge in [-0.15, -0.1) is 0 Å². The minimum atomic E-state index is -1.03. The molecule has 0 saturated carbocycles. The summed E-state index contributed by atoms with van der Waals surface area (Å²) in [7, 11) is 0. The molecule has 2 unspecified atom stereocenters. The molecule has 0 radical (unpaired) electrons. The maximum atomic E-state index is 12.2. The van der Waals surface area contributed by atoms with E-state index in [2.05, 4.69) is 5.32 Å². The Morgan fingerprint density at radius 2 is 2.00 bits per heavy atom. The van der Waals surface area contributed by atoms with E-state index >= 15 is 0 Å². The third-order valence-electron chi connectivity index (χ3n) is 3.95. The summed E-state index contributed by atoms with van der Waals surface area (Å²) in [6.45, 7) is 4.25. The largest absolute Gasteiger partial charge is 0.479 e. The Kier molecular flexibility index (Phi) is 5.19. The number of amides is 2. The first-order valence-corrected chi connectivity index (χ1v) is 7.05. The van der Waals surface area contributed by atoms with Crippen molar-refractivity contribution in [2.75, 3.05) is 32.9 Å². The van der Waals surface area contributed by atoms with Crippen LogP contribution in [0.25, 0.3) is 0 Å². The Hall–Kier alpha value is -1.34. The Balaban J connectivity index is 1.82. The molecule has 2 fully saturated rings. The van der Waals surface area contributed by atoms with E-state index in [0.29, 0.717) is 12.5 Å². The van der Waals surface area contributed by atoms with Gasteiger partial charge in [0.05, 0.1) is 13.2 Å². The van der Waals surface area contributed by atoms with Crippen molar-refractivity contribution in [1.29, 1.82) is 0 Å². The quantitative estimate of drug-likeness (QED) is 0.779. The lowest BCUT2D eigenvalue weighted by atomic mass is 9.93. The molecule has 2 heterocycles. The molecule has 2 amide bonds. The third kappa shape index (κ3) is 3.83. The molecule has 2 aliphatic heterocycles. The SMILES string of the molecule is CC(NC(=O)N1CCOC(C(=O)O)C1)C1CCOCC1. The second-order valence-corrected chi connectivity index (χ2v) is 5.33. The summed E-state index contributed by atoms with van der Waals surface area (Å²) in [5.41, 5.74) is 0. The van der Waals surface area contributed by atoms with Gasteiger partial charge >= 0.3 is 12.0 Å². The first-order valence-electron chi connectivity index (χ1n) is 7.05. The van der Waals surface area contributed by atoms with Crippen LogP contribution in [0, 0.1) is 5.92 Å². The molecule has 0 bridgehead atoms. The predicted molar refractivity (Wildman–Crippen MR) is 70.5 cm³/mol. The van der Waals surface area contributed by atoms with E-state index in [-0.39, 0.29) is 25.2 Å². The molecule has 20 heavy (non-hydrogen) atoms. The van der Waals surface area contributed by atoms with E-state index in [1.54, 1.807) is 0 Å². The normalized spacial score (nSPS) is 26.1.